The van der Waals surface area contributed by atoms with Crippen molar-refractivity contribution in [2.45, 2.75) is 12.5 Å². The van der Waals surface area contributed by atoms with Crippen LogP contribution in [0.3, 0.4) is 0 Å². The van der Waals surface area contributed by atoms with Crippen LogP contribution in [0.2, 0.25) is 5.02 Å². The van der Waals surface area contributed by atoms with Crippen LogP contribution in [-0.2, 0) is 14.3 Å². The Morgan fingerprint density at radius 3 is 3.00 bits per heavy atom. The number of rotatable bonds is 5. The molecular formula is C16H18ClFN2O3. The topological polar surface area (TPSA) is 58.6 Å². The highest BCUT2D eigenvalue weighted by atomic mass is 35.5. The van der Waals surface area contributed by atoms with Gasteiger partial charge in [0.2, 0.25) is 11.8 Å². The lowest BCUT2D eigenvalue weighted by molar-refractivity contribution is -0.138. The number of ether oxygens (including phenoxy) is 1. The van der Waals surface area contributed by atoms with Crippen molar-refractivity contribution >= 4 is 23.4 Å². The van der Waals surface area contributed by atoms with E-state index in [1.54, 1.807) is 11.0 Å². The molecule has 0 aliphatic carbocycles. The first-order chi connectivity index (χ1) is 11.0. The van der Waals surface area contributed by atoms with Gasteiger partial charge in [0.25, 0.3) is 0 Å². The molecule has 0 aromatic heterocycles. The summed E-state index contributed by atoms with van der Waals surface area (Å²) in [6.07, 6.45) is 1.03. The molecule has 124 valence electrons. The van der Waals surface area contributed by atoms with Crippen molar-refractivity contribution in [2.75, 3.05) is 26.2 Å². The van der Waals surface area contributed by atoms with Gasteiger partial charge in [-0.25, -0.2) is 4.39 Å². The van der Waals surface area contributed by atoms with Crippen LogP contribution in [0, 0.1) is 5.82 Å². The molecule has 7 heteroatoms. The molecule has 1 fully saturated rings. The first-order valence-electron chi connectivity index (χ1n) is 7.26. The molecule has 2 amide bonds. The number of benzene rings is 1. The Balaban J connectivity index is 1.92. The second-order valence-electron chi connectivity index (χ2n) is 5.12. The molecule has 0 saturated carbocycles. The fourth-order valence-electron chi connectivity index (χ4n) is 2.31. The number of carbonyl (C=O) groups is 2. The maximum absolute atomic E-state index is 13.2. The van der Waals surface area contributed by atoms with Crippen LogP contribution in [0.25, 0.3) is 0 Å². The van der Waals surface area contributed by atoms with Crippen molar-refractivity contribution in [3.05, 3.63) is 47.3 Å². The minimum absolute atomic E-state index is 0.0293. The normalized spacial score (nSPS) is 17.7. The molecule has 1 heterocycles. The van der Waals surface area contributed by atoms with Gasteiger partial charge in [0.15, 0.2) is 0 Å². The maximum Gasteiger partial charge on any atom is 0.243 e. The van der Waals surface area contributed by atoms with Crippen LogP contribution in [0.1, 0.15) is 18.1 Å². The summed E-state index contributed by atoms with van der Waals surface area (Å²) < 4.78 is 18.9. The zero-order valence-electron chi connectivity index (χ0n) is 12.6. The lowest BCUT2D eigenvalue weighted by Gasteiger charge is -2.33. The number of amides is 2. The van der Waals surface area contributed by atoms with Gasteiger partial charge in [0.1, 0.15) is 11.9 Å². The number of carbonyl (C=O) groups excluding carboxylic acids is 2. The monoisotopic (exact) mass is 340 g/mol. The van der Waals surface area contributed by atoms with E-state index < -0.39 is 5.82 Å². The third-order valence-electron chi connectivity index (χ3n) is 3.56. The lowest BCUT2D eigenvalue weighted by atomic mass is 10.1. The van der Waals surface area contributed by atoms with E-state index in [0.29, 0.717) is 19.7 Å². The maximum atomic E-state index is 13.2. The van der Waals surface area contributed by atoms with E-state index in [0.717, 1.165) is 11.6 Å². The van der Waals surface area contributed by atoms with Crippen molar-refractivity contribution < 1.29 is 18.7 Å². The Labute approximate surface area is 139 Å². The van der Waals surface area contributed by atoms with Gasteiger partial charge in [-0.05, 0) is 23.8 Å². The standard InChI is InChI=1S/C16H18ClFN2O3/c1-2-15(21)19-6-5-16(22)20-7-8-23-14(10-20)11-3-4-13(18)12(17)9-11/h2-4,9,14H,1,5-8,10H2,(H,19,21). The largest absolute Gasteiger partial charge is 0.370 e. The molecule has 1 aromatic carbocycles. The summed E-state index contributed by atoms with van der Waals surface area (Å²) in [5, 5.41) is 2.59. The summed E-state index contributed by atoms with van der Waals surface area (Å²) in [6.45, 7) is 4.85. The molecule has 5 nitrogen and oxygen atoms in total. The molecule has 1 aliphatic heterocycles. The second kappa shape index (κ2) is 8.08. The third kappa shape index (κ3) is 4.77. The number of halogens is 2. The SMILES string of the molecule is C=CC(=O)NCCC(=O)N1CCOC(c2ccc(F)c(Cl)c2)C1. The molecular weight excluding hydrogens is 323 g/mol. The second-order valence-corrected chi connectivity index (χ2v) is 5.53. The number of morpholine rings is 1. The van der Waals surface area contributed by atoms with Crippen molar-refractivity contribution in [2.24, 2.45) is 0 Å². The number of hydrogen-bond donors (Lipinski definition) is 1. The van der Waals surface area contributed by atoms with Gasteiger partial charge in [-0.1, -0.05) is 24.2 Å². The van der Waals surface area contributed by atoms with E-state index in [9.17, 15) is 14.0 Å². The third-order valence-corrected chi connectivity index (χ3v) is 3.85. The van der Waals surface area contributed by atoms with Gasteiger partial charge < -0.3 is 15.0 Å². The zero-order chi connectivity index (χ0) is 16.8. The summed E-state index contributed by atoms with van der Waals surface area (Å²) in [6, 6.07) is 4.40. The first kappa shape index (κ1) is 17.4. The minimum Gasteiger partial charge on any atom is -0.370 e. The van der Waals surface area contributed by atoms with Crippen LogP contribution < -0.4 is 5.32 Å². The fraction of sp³-hybridized carbons (Fsp3) is 0.375. The summed E-state index contributed by atoms with van der Waals surface area (Å²) >= 11 is 5.78. The van der Waals surface area contributed by atoms with E-state index in [4.69, 9.17) is 16.3 Å². The number of nitrogens with one attached hydrogen (secondary N) is 1. The summed E-state index contributed by atoms with van der Waals surface area (Å²) in [4.78, 5) is 24.9. The van der Waals surface area contributed by atoms with Gasteiger partial charge in [-0.15, -0.1) is 0 Å². The first-order valence-corrected chi connectivity index (χ1v) is 7.63. The number of hydrogen-bond acceptors (Lipinski definition) is 3. The van der Waals surface area contributed by atoms with Crippen LogP contribution >= 0.6 is 11.6 Å². The highest BCUT2D eigenvalue weighted by molar-refractivity contribution is 6.30. The van der Waals surface area contributed by atoms with Crippen LogP contribution in [0.15, 0.2) is 30.9 Å². The Morgan fingerprint density at radius 2 is 2.30 bits per heavy atom. The van der Waals surface area contributed by atoms with Gasteiger partial charge >= 0.3 is 0 Å². The molecule has 1 aliphatic rings. The molecule has 1 saturated heterocycles. The van der Waals surface area contributed by atoms with E-state index >= 15 is 0 Å². The van der Waals surface area contributed by atoms with E-state index in [2.05, 4.69) is 11.9 Å². The summed E-state index contributed by atoms with van der Waals surface area (Å²) in [7, 11) is 0. The summed E-state index contributed by atoms with van der Waals surface area (Å²) in [5.74, 6) is -0.869. The molecule has 23 heavy (non-hydrogen) atoms. The molecule has 0 radical (unpaired) electrons. The Kier molecular flexibility index (Phi) is 6.12. The van der Waals surface area contributed by atoms with Crippen LogP contribution in [0.4, 0.5) is 4.39 Å². The van der Waals surface area contributed by atoms with Crippen molar-refractivity contribution in [1.29, 1.82) is 0 Å². The average molecular weight is 341 g/mol. The Hall–Kier alpha value is -1.92. The van der Waals surface area contributed by atoms with Crippen LogP contribution in [0.5, 0.6) is 0 Å². The van der Waals surface area contributed by atoms with E-state index in [-0.39, 0.29) is 35.9 Å². The van der Waals surface area contributed by atoms with E-state index in [1.807, 2.05) is 0 Å². The smallest absolute Gasteiger partial charge is 0.243 e. The predicted octanol–water partition coefficient (Wildman–Crippen LogP) is 2.07. The predicted molar refractivity (Wildman–Crippen MR) is 84.5 cm³/mol. The van der Waals surface area contributed by atoms with Crippen molar-refractivity contribution in [1.82, 2.24) is 10.2 Å². The molecule has 1 N–H and O–H groups in total. The molecule has 1 unspecified atom stereocenters. The molecule has 1 atom stereocenters. The average Bonchev–Trinajstić information content (AvgIpc) is 2.57. The fourth-order valence-corrected chi connectivity index (χ4v) is 2.50. The number of nitrogens with zero attached hydrogens (tertiary/aromatic N) is 1. The van der Waals surface area contributed by atoms with Gasteiger partial charge in [0, 0.05) is 19.5 Å². The Bertz CT molecular complexity index is 609. The van der Waals surface area contributed by atoms with Crippen LogP contribution in [-0.4, -0.2) is 43.0 Å². The van der Waals surface area contributed by atoms with Crippen molar-refractivity contribution in [3.8, 4) is 0 Å². The Morgan fingerprint density at radius 1 is 1.52 bits per heavy atom. The molecule has 0 spiro atoms. The molecule has 0 bridgehead atoms. The minimum atomic E-state index is -0.489. The molecule has 1 aromatic rings. The van der Waals surface area contributed by atoms with Gasteiger partial charge in [-0.3, -0.25) is 9.59 Å². The molecule has 2 rings (SSSR count). The highest BCUT2D eigenvalue weighted by Crippen LogP contribution is 2.26. The lowest BCUT2D eigenvalue weighted by Crippen LogP contribution is -2.43. The van der Waals surface area contributed by atoms with E-state index in [1.165, 1.54) is 12.1 Å². The quantitative estimate of drug-likeness (QED) is 0.835. The van der Waals surface area contributed by atoms with Gasteiger partial charge in [0.05, 0.1) is 18.2 Å². The zero-order valence-corrected chi connectivity index (χ0v) is 13.3. The van der Waals surface area contributed by atoms with Gasteiger partial charge in [-0.2, -0.15) is 0 Å². The highest BCUT2D eigenvalue weighted by Gasteiger charge is 2.25. The van der Waals surface area contributed by atoms with Crippen molar-refractivity contribution in [3.63, 3.8) is 0 Å². The summed E-state index contributed by atoms with van der Waals surface area (Å²) in [5.41, 5.74) is 0.730.